The number of nitriles is 1. The summed E-state index contributed by atoms with van der Waals surface area (Å²) in [6.07, 6.45) is -0.602. The van der Waals surface area contributed by atoms with Gasteiger partial charge in [0, 0.05) is 17.9 Å². The van der Waals surface area contributed by atoms with E-state index in [1.54, 1.807) is 24.3 Å². The van der Waals surface area contributed by atoms with Crippen molar-refractivity contribution in [2.24, 2.45) is 0 Å². The quantitative estimate of drug-likeness (QED) is 0.500. The predicted octanol–water partition coefficient (Wildman–Crippen LogP) is 1.10. The van der Waals surface area contributed by atoms with Crippen molar-refractivity contribution < 1.29 is 24.2 Å². The standard InChI is InChI=1S/C19H19BN2O5/c21-11-14-6-2-1-5-13(14)9-18(23)22-19(27-20(24)25)10-15-12-26-17-8-4-3-7-16(15)17/h1-8,15,19,24-25H,9-10,12H2,(H,22,23)/t15-,19-/m1/s1. The van der Waals surface area contributed by atoms with E-state index >= 15 is 0 Å². The molecule has 0 aromatic heterocycles. The van der Waals surface area contributed by atoms with Crippen molar-refractivity contribution in [2.75, 3.05) is 6.61 Å². The third-order valence-corrected chi connectivity index (χ3v) is 4.39. The largest absolute Gasteiger partial charge is 0.635 e. The van der Waals surface area contributed by atoms with E-state index in [0.29, 0.717) is 24.2 Å². The van der Waals surface area contributed by atoms with Crippen LogP contribution in [-0.2, 0) is 15.9 Å². The smallest absolute Gasteiger partial charge is 0.493 e. The van der Waals surface area contributed by atoms with E-state index < -0.39 is 13.5 Å². The van der Waals surface area contributed by atoms with Crippen molar-refractivity contribution in [1.29, 1.82) is 5.26 Å². The minimum absolute atomic E-state index is 0.0110. The van der Waals surface area contributed by atoms with Gasteiger partial charge < -0.3 is 24.8 Å². The van der Waals surface area contributed by atoms with Crippen LogP contribution in [0.25, 0.3) is 0 Å². The second-order valence-electron chi connectivity index (χ2n) is 6.25. The lowest BCUT2D eigenvalue weighted by atomic mass is 9.96. The SMILES string of the molecule is N#Cc1ccccc1CC(=O)N[C@@H](C[C@@H]1COc2ccccc21)OB(O)O. The fourth-order valence-electron chi connectivity index (χ4n) is 3.17. The Hall–Kier alpha value is -2.86. The topological polar surface area (TPSA) is 112 Å². The summed E-state index contributed by atoms with van der Waals surface area (Å²) >= 11 is 0. The molecule has 0 bridgehead atoms. The molecule has 3 rings (SSSR count). The monoisotopic (exact) mass is 366 g/mol. The summed E-state index contributed by atoms with van der Waals surface area (Å²) in [7, 11) is -2.01. The van der Waals surface area contributed by atoms with Crippen LogP contribution in [0.2, 0.25) is 0 Å². The average molecular weight is 366 g/mol. The Morgan fingerprint density at radius 3 is 2.81 bits per heavy atom. The number of nitrogens with zero attached hydrogens (tertiary/aromatic N) is 1. The second-order valence-corrected chi connectivity index (χ2v) is 6.25. The fraction of sp³-hybridized carbons (Fsp3) is 0.263. The van der Waals surface area contributed by atoms with Crippen LogP contribution >= 0.6 is 0 Å². The van der Waals surface area contributed by atoms with Crippen LogP contribution in [0.1, 0.15) is 29.0 Å². The maximum atomic E-state index is 12.4. The van der Waals surface area contributed by atoms with E-state index in [2.05, 4.69) is 5.32 Å². The minimum Gasteiger partial charge on any atom is -0.493 e. The van der Waals surface area contributed by atoms with Gasteiger partial charge in [0.05, 0.1) is 24.7 Å². The number of para-hydroxylation sites is 1. The molecule has 2 aromatic rings. The molecule has 7 nitrogen and oxygen atoms in total. The zero-order valence-corrected chi connectivity index (χ0v) is 14.5. The molecule has 1 aliphatic rings. The molecule has 0 saturated carbocycles. The lowest BCUT2D eigenvalue weighted by Crippen LogP contribution is -2.42. The number of rotatable bonds is 7. The zero-order chi connectivity index (χ0) is 19.2. The predicted molar refractivity (Wildman–Crippen MR) is 97.4 cm³/mol. The molecule has 138 valence electrons. The second kappa shape index (κ2) is 8.69. The van der Waals surface area contributed by atoms with Crippen LogP contribution in [-0.4, -0.2) is 36.1 Å². The third kappa shape index (κ3) is 4.86. The van der Waals surface area contributed by atoms with Crippen LogP contribution in [0.5, 0.6) is 5.75 Å². The highest BCUT2D eigenvalue weighted by atomic mass is 16.6. The summed E-state index contributed by atoms with van der Waals surface area (Å²) in [5, 5.41) is 30.2. The molecule has 1 aliphatic heterocycles. The van der Waals surface area contributed by atoms with Gasteiger partial charge in [0.1, 0.15) is 12.0 Å². The number of fused-ring (bicyclic) bond motifs is 1. The highest BCUT2D eigenvalue weighted by Gasteiger charge is 2.29. The summed E-state index contributed by atoms with van der Waals surface area (Å²) in [4.78, 5) is 12.4. The lowest BCUT2D eigenvalue weighted by molar-refractivity contribution is -0.123. The van der Waals surface area contributed by atoms with Gasteiger partial charge in [-0.15, -0.1) is 0 Å². The zero-order valence-electron chi connectivity index (χ0n) is 14.5. The van der Waals surface area contributed by atoms with Gasteiger partial charge >= 0.3 is 7.32 Å². The molecule has 1 amide bonds. The Labute approximate surface area is 157 Å². The van der Waals surface area contributed by atoms with Gasteiger partial charge in [-0.2, -0.15) is 5.26 Å². The summed E-state index contributed by atoms with van der Waals surface area (Å²) in [6, 6.07) is 16.4. The maximum absolute atomic E-state index is 12.4. The number of hydrogen-bond donors (Lipinski definition) is 3. The van der Waals surface area contributed by atoms with Crippen molar-refractivity contribution in [3.63, 3.8) is 0 Å². The number of carbonyl (C=O) groups is 1. The molecule has 2 aromatic carbocycles. The molecule has 2 atom stereocenters. The Morgan fingerprint density at radius 2 is 2.04 bits per heavy atom. The summed E-state index contributed by atoms with van der Waals surface area (Å²) < 4.78 is 10.7. The van der Waals surface area contributed by atoms with E-state index in [1.807, 2.05) is 30.3 Å². The number of benzene rings is 2. The Balaban J connectivity index is 1.67. The number of ether oxygens (including phenoxy) is 1. The van der Waals surface area contributed by atoms with E-state index in [-0.39, 0.29) is 18.2 Å². The first-order valence-corrected chi connectivity index (χ1v) is 8.57. The van der Waals surface area contributed by atoms with Gasteiger partial charge in [-0.25, -0.2) is 0 Å². The number of amides is 1. The van der Waals surface area contributed by atoms with E-state index in [1.165, 1.54) is 0 Å². The molecule has 0 aliphatic carbocycles. The molecule has 0 fully saturated rings. The van der Waals surface area contributed by atoms with Gasteiger partial charge in [0.25, 0.3) is 0 Å². The van der Waals surface area contributed by atoms with Crippen molar-refractivity contribution in [2.45, 2.75) is 25.0 Å². The highest BCUT2D eigenvalue weighted by molar-refractivity contribution is 6.32. The molecule has 3 N–H and O–H groups in total. The first-order chi connectivity index (χ1) is 13.1. The number of nitrogens with one attached hydrogen (secondary N) is 1. The van der Waals surface area contributed by atoms with Gasteiger partial charge in [-0.1, -0.05) is 36.4 Å². The Bertz CT molecular complexity index is 852. The van der Waals surface area contributed by atoms with Crippen molar-refractivity contribution in [3.05, 3.63) is 65.2 Å². The molecular formula is C19H19BN2O5. The Morgan fingerprint density at radius 1 is 1.30 bits per heavy atom. The van der Waals surface area contributed by atoms with E-state index in [9.17, 15) is 14.8 Å². The first-order valence-electron chi connectivity index (χ1n) is 8.57. The number of carbonyl (C=O) groups excluding carboxylic acids is 1. The molecule has 0 radical (unpaired) electrons. The maximum Gasteiger partial charge on any atom is 0.635 e. The molecule has 0 unspecified atom stereocenters. The normalized spacial score (nSPS) is 16.0. The van der Waals surface area contributed by atoms with Crippen LogP contribution in [0.3, 0.4) is 0 Å². The molecular weight excluding hydrogens is 347 g/mol. The minimum atomic E-state index is -2.01. The molecule has 0 saturated heterocycles. The summed E-state index contributed by atoms with van der Waals surface area (Å²) in [5.74, 6) is 0.354. The van der Waals surface area contributed by atoms with Crippen LogP contribution in [0, 0.1) is 11.3 Å². The van der Waals surface area contributed by atoms with Gasteiger partial charge in [-0.05, 0) is 17.7 Å². The van der Waals surface area contributed by atoms with E-state index in [4.69, 9.17) is 14.7 Å². The van der Waals surface area contributed by atoms with Crippen LogP contribution in [0.4, 0.5) is 0 Å². The summed E-state index contributed by atoms with van der Waals surface area (Å²) in [5.41, 5.74) is 2.00. The summed E-state index contributed by atoms with van der Waals surface area (Å²) in [6.45, 7) is 0.424. The number of hydrogen-bond acceptors (Lipinski definition) is 6. The Kier molecular flexibility index (Phi) is 6.09. The van der Waals surface area contributed by atoms with Crippen molar-refractivity contribution in [3.8, 4) is 11.8 Å². The lowest BCUT2D eigenvalue weighted by Gasteiger charge is -2.22. The highest BCUT2D eigenvalue weighted by Crippen LogP contribution is 2.36. The molecule has 0 spiro atoms. The average Bonchev–Trinajstić information content (AvgIpc) is 3.04. The molecule has 27 heavy (non-hydrogen) atoms. The van der Waals surface area contributed by atoms with Gasteiger partial charge in [-0.3, -0.25) is 4.79 Å². The first kappa shape index (κ1) is 18.9. The van der Waals surface area contributed by atoms with Gasteiger partial charge in [0.2, 0.25) is 5.91 Å². The fourth-order valence-corrected chi connectivity index (χ4v) is 3.17. The molecule has 1 heterocycles. The molecule has 8 heteroatoms. The van der Waals surface area contributed by atoms with Crippen LogP contribution < -0.4 is 10.1 Å². The van der Waals surface area contributed by atoms with Crippen molar-refractivity contribution in [1.82, 2.24) is 5.32 Å². The van der Waals surface area contributed by atoms with E-state index in [0.717, 1.165) is 11.3 Å². The van der Waals surface area contributed by atoms with Gasteiger partial charge in [0.15, 0.2) is 0 Å². The third-order valence-electron chi connectivity index (χ3n) is 4.39. The van der Waals surface area contributed by atoms with Crippen molar-refractivity contribution >= 4 is 13.2 Å². The van der Waals surface area contributed by atoms with Crippen LogP contribution in [0.15, 0.2) is 48.5 Å².